The molecule has 3 aromatic rings. The smallest absolute Gasteiger partial charge is 0.435 e. The Morgan fingerprint density at radius 3 is 2.44 bits per heavy atom. The van der Waals surface area contributed by atoms with Crippen LogP contribution in [0.1, 0.15) is 21.6 Å². The zero-order chi connectivity index (χ0) is 23.7. The lowest BCUT2D eigenvalue weighted by Crippen LogP contribution is -2.18. The number of carbonyl (C=O) groups is 1. The number of anilines is 1. The van der Waals surface area contributed by atoms with E-state index < -0.39 is 44.9 Å². The number of nitrogens with zero attached hydrogens (tertiary/aromatic N) is 3. The first-order valence-electron chi connectivity index (χ1n) is 8.71. The number of ether oxygens (including phenoxy) is 1. The van der Waals surface area contributed by atoms with Crippen molar-refractivity contribution < 1.29 is 35.5 Å². The lowest BCUT2D eigenvalue weighted by molar-refractivity contribution is -0.141. The van der Waals surface area contributed by atoms with Gasteiger partial charge in [-0.2, -0.15) is 13.2 Å². The molecule has 0 aliphatic heterocycles. The van der Waals surface area contributed by atoms with E-state index in [2.05, 4.69) is 20.5 Å². The SMILES string of the molecule is Cc1cc(F)ccc1Oc1nnc(C(F)(F)F)cc1C(=O)Nc1ccnc(S(C)(=O)=O)c1. The van der Waals surface area contributed by atoms with E-state index in [4.69, 9.17) is 4.74 Å². The van der Waals surface area contributed by atoms with Crippen molar-refractivity contribution in [3.05, 3.63) is 65.2 Å². The molecule has 0 atom stereocenters. The average molecular weight is 470 g/mol. The normalized spacial score (nSPS) is 11.8. The van der Waals surface area contributed by atoms with Crippen LogP contribution in [0.2, 0.25) is 0 Å². The molecule has 0 saturated carbocycles. The Hall–Kier alpha value is -3.61. The van der Waals surface area contributed by atoms with Crippen LogP contribution in [0.4, 0.5) is 23.2 Å². The Balaban J connectivity index is 2.01. The van der Waals surface area contributed by atoms with E-state index in [1.807, 2.05) is 0 Å². The Morgan fingerprint density at radius 1 is 1.09 bits per heavy atom. The van der Waals surface area contributed by atoms with Crippen LogP contribution in [0.3, 0.4) is 0 Å². The van der Waals surface area contributed by atoms with Gasteiger partial charge in [0.2, 0.25) is 0 Å². The third kappa shape index (κ3) is 5.35. The molecule has 0 saturated heterocycles. The van der Waals surface area contributed by atoms with E-state index in [0.29, 0.717) is 11.6 Å². The third-order valence-electron chi connectivity index (χ3n) is 4.01. The van der Waals surface area contributed by atoms with Crippen LogP contribution < -0.4 is 10.1 Å². The molecule has 0 aliphatic carbocycles. The molecule has 0 aliphatic rings. The van der Waals surface area contributed by atoms with Gasteiger partial charge in [-0.1, -0.05) is 0 Å². The number of hydrogen-bond acceptors (Lipinski definition) is 7. The van der Waals surface area contributed by atoms with E-state index >= 15 is 0 Å². The average Bonchev–Trinajstić information content (AvgIpc) is 2.69. The number of hydrogen-bond donors (Lipinski definition) is 1. The molecular formula is C19H14F4N4O4S. The van der Waals surface area contributed by atoms with Crippen LogP contribution in [-0.2, 0) is 16.0 Å². The molecule has 1 N–H and O–H groups in total. The Labute approximate surface area is 179 Å². The summed E-state index contributed by atoms with van der Waals surface area (Å²) < 4.78 is 81.4. The Bertz CT molecular complexity index is 1300. The molecule has 0 spiro atoms. The van der Waals surface area contributed by atoms with E-state index in [1.54, 1.807) is 0 Å². The number of alkyl halides is 3. The van der Waals surface area contributed by atoms with Gasteiger partial charge in [-0.3, -0.25) is 4.79 Å². The van der Waals surface area contributed by atoms with Gasteiger partial charge < -0.3 is 10.1 Å². The molecule has 1 amide bonds. The number of benzene rings is 1. The molecule has 13 heteroatoms. The van der Waals surface area contributed by atoms with Crippen LogP contribution in [0, 0.1) is 12.7 Å². The first-order chi connectivity index (χ1) is 14.8. The maximum Gasteiger partial charge on any atom is 0.435 e. The summed E-state index contributed by atoms with van der Waals surface area (Å²) in [5.74, 6) is -2.17. The second-order valence-corrected chi connectivity index (χ2v) is 8.53. The highest BCUT2D eigenvalue weighted by atomic mass is 32.2. The first kappa shape index (κ1) is 23.1. The number of amides is 1. The molecule has 0 fully saturated rings. The van der Waals surface area contributed by atoms with Gasteiger partial charge in [0.25, 0.3) is 11.8 Å². The number of halogens is 4. The topological polar surface area (TPSA) is 111 Å². The standard InChI is InChI=1S/C19H14F4N4O4S/c1-10-7-11(20)3-4-14(10)31-18-13(9-15(26-27-18)19(21,22)23)17(28)25-12-5-6-24-16(8-12)32(2,29)30/h3-9H,1-2H3,(H,24,25,28). The van der Waals surface area contributed by atoms with Crippen molar-refractivity contribution in [1.82, 2.24) is 15.2 Å². The number of nitrogens with one attached hydrogen (secondary N) is 1. The monoisotopic (exact) mass is 470 g/mol. The molecule has 1 aromatic carbocycles. The van der Waals surface area contributed by atoms with Gasteiger partial charge in [0.15, 0.2) is 20.6 Å². The molecular weight excluding hydrogens is 456 g/mol. The molecule has 2 heterocycles. The van der Waals surface area contributed by atoms with Crippen molar-refractivity contribution in [3.8, 4) is 11.6 Å². The van der Waals surface area contributed by atoms with Gasteiger partial charge in [-0.25, -0.2) is 17.8 Å². The molecule has 8 nitrogen and oxygen atoms in total. The molecule has 0 radical (unpaired) electrons. The highest BCUT2D eigenvalue weighted by molar-refractivity contribution is 7.90. The predicted molar refractivity (Wildman–Crippen MR) is 104 cm³/mol. The van der Waals surface area contributed by atoms with Crippen LogP contribution >= 0.6 is 0 Å². The third-order valence-corrected chi connectivity index (χ3v) is 4.99. The molecule has 32 heavy (non-hydrogen) atoms. The summed E-state index contributed by atoms with van der Waals surface area (Å²) >= 11 is 0. The summed E-state index contributed by atoms with van der Waals surface area (Å²) in [6, 6.07) is 6.12. The van der Waals surface area contributed by atoms with Gasteiger partial charge >= 0.3 is 6.18 Å². The molecule has 3 rings (SSSR count). The predicted octanol–water partition coefficient (Wildman–Crippen LogP) is 3.79. The number of rotatable bonds is 5. The Kier molecular flexibility index (Phi) is 6.12. The second kappa shape index (κ2) is 8.49. The summed E-state index contributed by atoms with van der Waals surface area (Å²) in [5.41, 5.74) is -1.82. The van der Waals surface area contributed by atoms with Crippen molar-refractivity contribution >= 4 is 21.4 Å². The van der Waals surface area contributed by atoms with Gasteiger partial charge in [0.05, 0.1) is 0 Å². The van der Waals surface area contributed by atoms with Gasteiger partial charge in [0.1, 0.15) is 17.1 Å². The van der Waals surface area contributed by atoms with E-state index in [-0.39, 0.29) is 16.5 Å². The van der Waals surface area contributed by atoms with Crippen LogP contribution in [0.5, 0.6) is 11.6 Å². The zero-order valence-electron chi connectivity index (χ0n) is 16.4. The Morgan fingerprint density at radius 2 is 1.81 bits per heavy atom. The molecule has 0 unspecified atom stereocenters. The molecule has 168 valence electrons. The van der Waals surface area contributed by atoms with Crippen LogP contribution in [0.15, 0.2) is 47.6 Å². The van der Waals surface area contributed by atoms with E-state index in [1.165, 1.54) is 19.1 Å². The van der Waals surface area contributed by atoms with Crippen molar-refractivity contribution in [2.45, 2.75) is 18.1 Å². The zero-order valence-corrected chi connectivity index (χ0v) is 17.3. The lowest BCUT2D eigenvalue weighted by atomic mass is 10.2. The van der Waals surface area contributed by atoms with Crippen molar-refractivity contribution in [1.29, 1.82) is 0 Å². The number of sulfone groups is 1. The minimum Gasteiger partial charge on any atom is -0.437 e. The fourth-order valence-corrected chi connectivity index (χ4v) is 3.07. The van der Waals surface area contributed by atoms with Crippen molar-refractivity contribution in [3.63, 3.8) is 0 Å². The van der Waals surface area contributed by atoms with Crippen LogP contribution in [-0.4, -0.2) is 35.8 Å². The molecule has 2 aromatic heterocycles. The van der Waals surface area contributed by atoms with Crippen LogP contribution in [0.25, 0.3) is 0 Å². The summed E-state index contributed by atoms with van der Waals surface area (Å²) in [6.07, 6.45) is -2.88. The highest BCUT2D eigenvalue weighted by Gasteiger charge is 2.35. The number of aromatic nitrogens is 3. The summed E-state index contributed by atoms with van der Waals surface area (Å²) in [6.45, 7) is 1.49. The first-order valence-corrected chi connectivity index (χ1v) is 10.6. The maximum absolute atomic E-state index is 13.3. The fraction of sp³-hybridized carbons (Fsp3) is 0.158. The quantitative estimate of drug-likeness (QED) is 0.565. The largest absolute Gasteiger partial charge is 0.437 e. The van der Waals surface area contributed by atoms with E-state index in [9.17, 15) is 30.8 Å². The van der Waals surface area contributed by atoms with Crippen molar-refractivity contribution in [2.75, 3.05) is 11.6 Å². The van der Waals surface area contributed by atoms with Gasteiger partial charge in [-0.05, 0) is 48.9 Å². The highest BCUT2D eigenvalue weighted by Crippen LogP contribution is 2.32. The second-order valence-electron chi connectivity index (χ2n) is 6.57. The summed E-state index contributed by atoms with van der Waals surface area (Å²) in [4.78, 5) is 16.4. The maximum atomic E-state index is 13.3. The minimum absolute atomic E-state index is 0.0396. The number of pyridine rings is 1. The van der Waals surface area contributed by atoms with Gasteiger partial charge in [0, 0.05) is 18.1 Å². The number of aryl methyl sites for hydroxylation is 1. The molecule has 0 bridgehead atoms. The van der Waals surface area contributed by atoms with E-state index in [0.717, 1.165) is 30.7 Å². The fourth-order valence-electron chi connectivity index (χ4n) is 2.48. The summed E-state index contributed by atoms with van der Waals surface area (Å²) in [5, 5.41) is 8.35. The van der Waals surface area contributed by atoms with Crippen molar-refractivity contribution in [2.24, 2.45) is 0 Å². The van der Waals surface area contributed by atoms with Gasteiger partial charge in [-0.15, -0.1) is 10.2 Å². The minimum atomic E-state index is -4.90. The summed E-state index contributed by atoms with van der Waals surface area (Å²) in [7, 11) is -3.70. The number of carbonyl (C=O) groups excluding carboxylic acids is 1. The lowest BCUT2D eigenvalue weighted by Gasteiger charge is -2.13.